The summed E-state index contributed by atoms with van der Waals surface area (Å²) in [6.07, 6.45) is 2.71. The minimum atomic E-state index is -4.52. The normalized spacial score (nSPS) is 17.1. The maximum Gasteiger partial charge on any atom is 0.434 e. The minimum Gasteiger partial charge on any atom is -0.390 e. The van der Waals surface area contributed by atoms with Crippen LogP contribution in [0.1, 0.15) is 55.7 Å². The molecule has 9 nitrogen and oxygen atoms in total. The number of ether oxygens (including phenoxy) is 1. The minimum absolute atomic E-state index is 0.0227. The topological polar surface area (TPSA) is 113 Å². The maximum atomic E-state index is 13.4. The molecule has 0 saturated heterocycles. The van der Waals surface area contributed by atoms with Gasteiger partial charge in [-0.3, -0.25) is 9.36 Å². The van der Waals surface area contributed by atoms with E-state index in [0.717, 1.165) is 43.1 Å². The number of rotatable bonds is 9. The molecule has 43 heavy (non-hydrogen) atoms. The highest BCUT2D eigenvalue weighted by atomic mass is 79.9. The van der Waals surface area contributed by atoms with Crippen molar-refractivity contribution in [3.8, 4) is 11.4 Å². The molecule has 2 fully saturated rings. The van der Waals surface area contributed by atoms with Gasteiger partial charge in [-0.15, -0.1) is 0 Å². The fourth-order valence-corrected chi connectivity index (χ4v) is 5.63. The van der Waals surface area contributed by atoms with Crippen molar-refractivity contribution in [2.24, 2.45) is 16.6 Å². The summed E-state index contributed by atoms with van der Waals surface area (Å²) in [7, 11) is 1.60. The number of hydrogen-bond acceptors (Lipinski definition) is 6. The first kappa shape index (κ1) is 29.2. The molecule has 2 saturated carbocycles. The number of benzene rings is 1. The van der Waals surface area contributed by atoms with E-state index < -0.39 is 11.9 Å². The van der Waals surface area contributed by atoms with Gasteiger partial charge in [-0.25, -0.2) is 19.9 Å². The molecule has 0 bridgehead atoms. The first-order valence-electron chi connectivity index (χ1n) is 13.9. The number of imidazole rings is 1. The Balaban J connectivity index is 1.40. The number of nitrogens with two attached hydrogens (primary N) is 1. The highest BCUT2D eigenvalue weighted by Gasteiger charge is 2.37. The van der Waals surface area contributed by atoms with E-state index in [9.17, 15) is 18.0 Å². The van der Waals surface area contributed by atoms with Gasteiger partial charge >= 0.3 is 6.18 Å². The van der Waals surface area contributed by atoms with Crippen LogP contribution in [0.2, 0.25) is 0 Å². The van der Waals surface area contributed by atoms with Crippen LogP contribution in [0.3, 0.4) is 0 Å². The number of alkyl halides is 3. The smallest absolute Gasteiger partial charge is 0.390 e. The van der Waals surface area contributed by atoms with Gasteiger partial charge < -0.3 is 15.0 Å². The van der Waals surface area contributed by atoms with Gasteiger partial charge in [-0.1, -0.05) is 24.3 Å². The molecule has 4 aromatic rings. The average Bonchev–Trinajstić information content (AvgIpc) is 3.93. The number of pyridine rings is 1. The van der Waals surface area contributed by atoms with Gasteiger partial charge in [-0.2, -0.15) is 13.2 Å². The number of aromatic nitrogens is 5. The van der Waals surface area contributed by atoms with Crippen molar-refractivity contribution in [3.63, 3.8) is 0 Å². The van der Waals surface area contributed by atoms with Crippen LogP contribution in [0, 0.1) is 5.92 Å². The lowest BCUT2D eigenvalue weighted by atomic mass is 10.0. The van der Waals surface area contributed by atoms with Crippen LogP contribution in [0.5, 0.6) is 0 Å². The summed E-state index contributed by atoms with van der Waals surface area (Å²) in [5.41, 5.74) is 7.72. The van der Waals surface area contributed by atoms with E-state index in [4.69, 9.17) is 15.5 Å². The molecule has 3 aromatic heterocycles. The van der Waals surface area contributed by atoms with Gasteiger partial charge in [0.1, 0.15) is 11.5 Å². The van der Waals surface area contributed by atoms with Crippen LogP contribution >= 0.6 is 15.9 Å². The zero-order valence-electron chi connectivity index (χ0n) is 23.5. The quantitative estimate of drug-likeness (QED) is 0.176. The average molecular weight is 657 g/mol. The Hall–Kier alpha value is -3.84. The van der Waals surface area contributed by atoms with E-state index in [1.807, 2.05) is 6.92 Å². The summed E-state index contributed by atoms with van der Waals surface area (Å²) in [4.78, 5) is 31.2. The number of halogens is 4. The molecule has 13 heteroatoms. The number of fused-ring (bicyclic) bond motifs is 1. The molecule has 1 unspecified atom stereocenters. The lowest BCUT2D eigenvalue weighted by Crippen LogP contribution is -2.23. The summed E-state index contributed by atoms with van der Waals surface area (Å²) in [5.74, 6) is 0.912. The molecule has 1 atom stereocenters. The van der Waals surface area contributed by atoms with Crippen LogP contribution in [-0.2, 0) is 17.5 Å². The fourth-order valence-electron chi connectivity index (χ4n) is 5.17. The molecule has 0 spiro atoms. The number of nitrogens with zero attached hydrogens (tertiary/aromatic N) is 6. The number of hydrogen-bond donors (Lipinski definition) is 1. The maximum absolute atomic E-state index is 13.4. The molecule has 0 radical (unpaired) electrons. The zero-order chi connectivity index (χ0) is 30.5. The molecule has 6 rings (SSSR count). The van der Waals surface area contributed by atoms with Crippen molar-refractivity contribution < 1.29 is 17.9 Å². The van der Waals surface area contributed by atoms with Crippen LogP contribution in [-0.4, -0.2) is 43.6 Å². The van der Waals surface area contributed by atoms with Gasteiger partial charge in [0, 0.05) is 48.0 Å². The number of aliphatic imine (C=N–C) groups is 1. The second-order valence-electron chi connectivity index (χ2n) is 10.9. The molecule has 3 heterocycles. The van der Waals surface area contributed by atoms with Crippen molar-refractivity contribution in [3.05, 3.63) is 80.3 Å². The van der Waals surface area contributed by atoms with Gasteiger partial charge in [0.25, 0.3) is 5.56 Å². The van der Waals surface area contributed by atoms with E-state index in [0.29, 0.717) is 32.5 Å². The first-order valence-corrected chi connectivity index (χ1v) is 14.7. The summed E-state index contributed by atoms with van der Waals surface area (Å²) < 4.78 is 49.4. The zero-order valence-corrected chi connectivity index (χ0v) is 25.1. The molecule has 2 N–H and O–H groups in total. The standard InChI is InChI=1S/C30H29BrF3N7O2/c1-16(43-2)24(25(37-15-35)18-7-8-18)26-36-12-20-11-22(31)29(42)41(28(20)39-26)13-17-3-5-19(6-4-17)27-38-23(30(32,33)34)14-40(27)21-9-10-21/h3-6,11-12,14-16,18,21H,7-10,13H2,1-2H3,(H2,35,37)/b25-24+. The van der Waals surface area contributed by atoms with Crippen LogP contribution in [0.4, 0.5) is 13.2 Å². The second-order valence-corrected chi connectivity index (χ2v) is 11.7. The highest BCUT2D eigenvalue weighted by molar-refractivity contribution is 9.10. The van der Waals surface area contributed by atoms with E-state index in [2.05, 4.69) is 30.9 Å². The number of allylic oxidation sites excluding steroid dienone is 1. The third-order valence-corrected chi connectivity index (χ3v) is 8.32. The van der Waals surface area contributed by atoms with Crippen molar-refractivity contribution in [1.29, 1.82) is 0 Å². The second kappa shape index (κ2) is 11.3. The van der Waals surface area contributed by atoms with Crippen LogP contribution in [0.15, 0.2) is 62.7 Å². The molecule has 1 aromatic carbocycles. The van der Waals surface area contributed by atoms with Gasteiger partial charge in [-0.05, 0) is 60.2 Å². The molecule has 2 aliphatic rings. The van der Waals surface area contributed by atoms with Gasteiger partial charge in [0.2, 0.25) is 0 Å². The van der Waals surface area contributed by atoms with Crippen molar-refractivity contribution >= 4 is 38.9 Å². The predicted octanol–water partition coefficient (Wildman–Crippen LogP) is 5.96. The molecule has 2 aliphatic carbocycles. The van der Waals surface area contributed by atoms with Crippen molar-refractivity contribution in [2.45, 2.75) is 57.5 Å². The SMILES string of the molecule is COC(C)/C(=C(\N=CN)C1CC1)c1ncc2cc(Br)c(=O)n(Cc3ccc(-c4nc(C(F)(F)F)cn4C4CC4)cc3)c2n1. The fraction of sp³-hybridized carbons (Fsp3) is 0.367. The summed E-state index contributed by atoms with van der Waals surface area (Å²) in [5, 5.41) is 0.651. The largest absolute Gasteiger partial charge is 0.434 e. The Morgan fingerprint density at radius 1 is 1.21 bits per heavy atom. The molecular weight excluding hydrogens is 627 g/mol. The Kier molecular flexibility index (Phi) is 7.71. The molecule has 224 valence electrons. The Morgan fingerprint density at radius 2 is 1.93 bits per heavy atom. The first-order chi connectivity index (χ1) is 20.6. The Labute approximate surface area is 253 Å². The van der Waals surface area contributed by atoms with Crippen LogP contribution < -0.4 is 11.3 Å². The third kappa shape index (κ3) is 5.87. The van der Waals surface area contributed by atoms with E-state index >= 15 is 0 Å². The number of methoxy groups -OCH3 is 1. The monoisotopic (exact) mass is 655 g/mol. The highest BCUT2D eigenvalue weighted by Crippen LogP contribution is 2.42. The Bertz CT molecular complexity index is 1800. The van der Waals surface area contributed by atoms with Gasteiger partial charge in [0.15, 0.2) is 11.5 Å². The molecular formula is C30H29BrF3N7O2. The summed E-state index contributed by atoms with van der Waals surface area (Å²) >= 11 is 3.37. The van der Waals surface area contributed by atoms with E-state index in [1.54, 1.807) is 52.8 Å². The van der Waals surface area contributed by atoms with Gasteiger partial charge in [0.05, 0.1) is 29.2 Å². The lowest BCUT2D eigenvalue weighted by molar-refractivity contribution is -0.140. The summed E-state index contributed by atoms with van der Waals surface area (Å²) in [6.45, 7) is 2.06. The van der Waals surface area contributed by atoms with Crippen molar-refractivity contribution in [2.75, 3.05) is 7.11 Å². The lowest BCUT2D eigenvalue weighted by Gasteiger charge is -2.18. The van der Waals surface area contributed by atoms with E-state index in [1.165, 1.54) is 6.34 Å². The Morgan fingerprint density at radius 3 is 2.53 bits per heavy atom. The van der Waals surface area contributed by atoms with Crippen molar-refractivity contribution in [1.82, 2.24) is 24.1 Å². The molecule has 0 amide bonds. The third-order valence-electron chi connectivity index (χ3n) is 7.75. The van der Waals surface area contributed by atoms with Crippen LogP contribution in [0.25, 0.3) is 28.0 Å². The summed E-state index contributed by atoms with van der Waals surface area (Å²) in [6, 6.07) is 8.74. The molecule has 0 aliphatic heterocycles. The predicted molar refractivity (Wildman–Crippen MR) is 160 cm³/mol. The van der Waals surface area contributed by atoms with E-state index in [-0.39, 0.29) is 36.0 Å².